The minimum atomic E-state index is -3.77. The van der Waals surface area contributed by atoms with Gasteiger partial charge in [0, 0.05) is 13.3 Å². The minimum Gasteiger partial charge on any atom is -0.488 e. The number of aliphatic imine (C=N–C) groups is 1. The number of sulfone groups is 1. The standard InChI is InChI=1S/C26H33ClN8O3S/c1-15(2)39(36,37)24(29)22(14-30-3)33-25-20(27)13-32-26(35-25)34-21-10-17(12-28)19(16-6-8-31-9-7-16)11-23(21)38-18-4-5-18/h10-11,13-16,18,31H,4-9,29H2,1-3H3,(H2,32,33,34,35). The molecular weight excluding hydrogens is 540 g/mol. The maximum Gasteiger partial charge on any atom is 0.229 e. The van der Waals surface area contributed by atoms with Crippen molar-refractivity contribution in [1.29, 1.82) is 5.26 Å². The van der Waals surface area contributed by atoms with Gasteiger partial charge in [-0.1, -0.05) is 11.6 Å². The van der Waals surface area contributed by atoms with Crippen LogP contribution in [0.15, 0.2) is 34.0 Å². The van der Waals surface area contributed by atoms with E-state index in [1.807, 2.05) is 6.07 Å². The molecule has 13 heteroatoms. The first-order valence-electron chi connectivity index (χ1n) is 12.8. The monoisotopic (exact) mass is 572 g/mol. The smallest absolute Gasteiger partial charge is 0.229 e. The highest BCUT2D eigenvalue weighted by atomic mass is 35.5. The Morgan fingerprint density at radius 2 is 2.03 bits per heavy atom. The number of nitrogens with zero attached hydrogens (tertiary/aromatic N) is 4. The van der Waals surface area contributed by atoms with E-state index in [-0.39, 0.29) is 39.5 Å². The largest absolute Gasteiger partial charge is 0.488 e. The van der Waals surface area contributed by atoms with E-state index >= 15 is 0 Å². The second kappa shape index (κ2) is 12.2. The van der Waals surface area contributed by atoms with Crippen molar-refractivity contribution in [2.45, 2.75) is 56.8 Å². The Morgan fingerprint density at radius 3 is 2.64 bits per heavy atom. The summed E-state index contributed by atoms with van der Waals surface area (Å²) in [5.41, 5.74) is 8.14. The fourth-order valence-corrected chi connectivity index (χ4v) is 5.24. The van der Waals surface area contributed by atoms with E-state index in [2.05, 4.69) is 37.0 Å². The normalized spacial score (nSPS) is 17.1. The molecule has 2 heterocycles. The van der Waals surface area contributed by atoms with Crippen molar-refractivity contribution in [2.75, 3.05) is 30.8 Å². The van der Waals surface area contributed by atoms with Crippen LogP contribution in [0.2, 0.25) is 5.02 Å². The Labute approximate surface area is 233 Å². The molecule has 2 aliphatic rings. The third-order valence-corrected chi connectivity index (χ3v) is 8.91. The first kappa shape index (κ1) is 28.6. The Hall–Kier alpha value is -3.40. The van der Waals surface area contributed by atoms with E-state index in [0.29, 0.717) is 17.0 Å². The Bertz CT molecular complexity index is 1430. The third kappa shape index (κ3) is 6.79. The predicted molar refractivity (Wildman–Crippen MR) is 153 cm³/mol. The molecule has 1 aliphatic carbocycles. The van der Waals surface area contributed by atoms with Crippen LogP contribution < -0.4 is 26.4 Å². The molecule has 1 aromatic carbocycles. The lowest BCUT2D eigenvalue weighted by molar-refractivity contribution is 0.304. The number of hydrogen-bond donors (Lipinski definition) is 4. The van der Waals surface area contributed by atoms with Crippen LogP contribution in [-0.2, 0) is 9.84 Å². The number of anilines is 3. The quantitative estimate of drug-likeness (QED) is 0.307. The number of allylic oxidation sites excluding steroid dienone is 1. The van der Waals surface area contributed by atoms with E-state index in [1.54, 1.807) is 6.07 Å². The number of rotatable bonds is 10. The summed E-state index contributed by atoms with van der Waals surface area (Å²) >= 11 is 6.34. The van der Waals surface area contributed by atoms with Crippen LogP contribution in [0.1, 0.15) is 56.6 Å². The molecule has 5 N–H and O–H groups in total. The van der Waals surface area contributed by atoms with Crippen molar-refractivity contribution < 1.29 is 13.2 Å². The molecule has 11 nitrogen and oxygen atoms in total. The number of halogens is 1. The van der Waals surface area contributed by atoms with Crippen molar-refractivity contribution in [3.05, 3.63) is 45.2 Å². The average molecular weight is 573 g/mol. The summed E-state index contributed by atoms with van der Waals surface area (Å²) in [4.78, 5) is 12.6. The van der Waals surface area contributed by atoms with Crippen LogP contribution >= 0.6 is 11.6 Å². The minimum absolute atomic E-state index is 0.0357. The summed E-state index contributed by atoms with van der Waals surface area (Å²) in [5.74, 6) is 1.20. The highest BCUT2D eigenvalue weighted by molar-refractivity contribution is 7.95. The van der Waals surface area contributed by atoms with Gasteiger partial charge in [0.15, 0.2) is 20.7 Å². The highest BCUT2D eigenvalue weighted by Crippen LogP contribution is 2.39. The van der Waals surface area contributed by atoms with Gasteiger partial charge in [0.2, 0.25) is 5.95 Å². The molecule has 0 amide bonds. The number of ether oxygens (including phenoxy) is 1. The zero-order valence-corrected chi connectivity index (χ0v) is 23.7. The molecule has 0 unspecified atom stereocenters. The van der Waals surface area contributed by atoms with Crippen LogP contribution in [-0.4, -0.2) is 56.1 Å². The summed E-state index contributed by atoms with van der Waals surface area (Å²) in [6.45, 7) is 4.89. The Kier molecular flexibility index (Phi) is 8.94. The van der Waals surface area contributed by atoms with Crippen LogP contribution in [0.3, 0.4) is 0 Å². The lowest BCUT2D eigenvalue weighted by Gasteiger charge is -2.25. The summed E-state index contributed by atoms with van der Waals surface area (Å²) in [6, 6.07) is 6.05. The summed E-state index contributed by atoms with van der Waals surface area (Å²) in [7, 11) is -2.28. The molecule has 208 valence electrons. The zero-order chi connectivity index (χ0) is 28.2. The average Bonchev–Trinajstić information content (AvgIpc) is 3.75. The van der Waals surface area contributed by atoms with Gasteiger partial charge in [-0.2, -0.15) is 10.2 Å². The first-order valence-corrected chi connectivity index (χ1v) is 14.7. The number of benzene rings is 1. The van der Waals surface area contributed by atoms with Crippen molar-refractivity contribution >= 4 is 45.1 Å². The van der Waals surface area contributed by atoms with Crippen LogP contribution in [0.25, 0.3) is 0 Å². The molecule has 0 atom stereocenters. The van der Waals surface area contributed by atoms with Crippen LogP contribution in [0.4, 0.5) is 17.5 Å². The van der Waals surface area contributed by atoms with Crippen molar-refractivity contribution in [3.63, 3.8) is 0 Å². The zero-order valence-electron chi connectivity index (χ0n) is 22.2. The third-order valence-electron chi connectivity index (χ3n) is 6.56. The lowest BCUT2D eigenvalue weighted by Crippen LogP contribution is -2.27. The van der Waals surface area contributed by atoms with E-state index in [9.17, 15) is 13.7 Å². The molecule has 1 aliphatic heterocycles. The maximum absolute atomic E-state index is 12.7. The van der Waals surface area contributed by atoms with Crippen molar-refractivity contribution in [1.82, 2.24) is 15.3 Å². The summed E-state index contributed by atoms with van der Waals surface area (Å²) in [6.07, 6.45) is 6.66. The Balaban J connectivity index is 1.68. The van der Waals surface area contributed by atoms with Gasteiger partial charge in [-0.25, -0.2) is 13.4 Å². The molecular formula is C26H33ClN8O3S. The van der Waals surface area contributed by atoms with E-state index in [0.717, 1.165) is 44.3 Å². The van der Waals surface area contributed by atoms with Gasteiger partial charge in [0.05, 0.1) is 40.6 Å². The van der Waals surface area contributed by atoms with Gasteiger partial charge < -0.3 is 26.4 Å². The van der Waals surface area contributed by atoms with Crippen molar-refractivity contribution in [2.24, 2.45) is 10.7 Å². The lowest BCUT2D eigenvalue weighted by atomic mass is 9.87. The molecule has 2 fully saturated rings. The molecule has 2 aromatic rings. The molecule has 0 radical (unpaired) electrons. The van der Waals surface area contributed by atoms with Gasteiger partial charge in [0.25, 0.3) is 0 Å². The van der Waals surface area contributed by atoms with E-state index in [4.69, 9.17) is 22.1 Å². The maximum atomic E-state index is 12.7. The molecule has 39 heavy (non-hydrogen) atoms. The van der Waals surface area contributed by atoms with E-state index < -0.39 is 15.1 Å². The van der Waals surface area contributed by atoms with Gasteiger partial charge in [-0.05, 0) is 76.2 Å². The van der Waals surface area contributed by atoms with Crippen LogP contribution in [0, 0.1) is 11.3 Å². The first-order chi connectivity index (χ1) is 18.6. The molecule has 0 bridgehead atoms. The summed E-state index contributed by atoms with van der Waals surface area (Å²) in [5, 5.41) is 18.4. The highest BCUT2D eigenvalue weighted by Gasteiger charge is 2.28. The van der Waals surface area contributed by atoms with E-state index in [1.165, 1.54) is 33.3 Å². The fourth-order valence-electron chi connectivity index (χ4n) is 4.18. The number of aromatic nitrogens is 2. The number of hydrogen-bond acceptors (Lipinski definition) is 11. The molecule has 1 saturated heterocycles. The second-order valence-corrected chi connectivity index (χ2v) is 12.7. The van der Waals surface area contributed by atoms with Gasteiger partial charge in [-0.15, -0.1) is 0 Å². The topological polar surface area (TPSA) is 167 Å². The van der Waals surface area contributed by atoms with Crippen LogP contribution in [0.5, 0.6) is 5.75 Å². The van der Waals surface area contributed by atoms with Gasteiger partial charge >= 0.3 is 0 Å². The molecule has 1 aromatic heterocycles. The van der Waals surface area contributed by atoms with Gasteiger partial charge in [-0.3, -0.25) is 4.99 Å². The summed E-state index contributed by atoms with van der Waals surface area (Å²) < 4.78 is 31.5. The predicted octanol–water partition coefficient (Wildman–Crippen LogP) is 3.82. The van der Waals surface area contributed by atoms with Gasteiger partial charge in [0.1, 0.15) is 10.8 Å². The number of nitrogens with one attached hydrogen (secondary N) is 3. The molecule has 1 saturated carbocycles. The Morgan fingerprint density at radius 1 is 1.31 bits per heavy atom. The second-order valence-electron chi connectivity index (χ2n) is 9.79. The number of nitriles is 1. The SMILES string of the molecule is CN=CC(Nc1nc(Nc2cc(C#N)c(C3CCNCC3)cc2OC2CC2)ncc1Cl)=C(N)S(=O)(=O)C(C)C. The number of nitrogens with two attached hydrogens (primary N) is 1. The number of piperidine rings is 1. The molecule has 0 spiro atoms. The fraction of sp³-hybridized carbons (Fsp3) is 0.462. The van der Waals surface area contributed by atoms with Crippen molar-refractivity contribution in [3.8, 4) is 11.8 Å². The molecule has 4 rings (SSSR count).